The lowest BCUT2D eigenvalue weighted by atomic mass is 10.2. The number of halogens is 4. The second-order valence-corrected chi connectivity index (χ2v) is 7.84. The lowest BCUT2D eigenvalue weighted by molar-refractivity contribution is 0.303. The molecule has 0 saturated carbocycles. The van der Waals surface area contributed by atoms with E-state index in [1.165, 1.54) is 0 Å². The van der Waals surface area contributed by atoms with Crippen LogP contribution in [0.3, 0.4) is 0 Å². The second-order valence-electron chi connectivity index (χ2n) is 5.64. The van der Waals surface area contributed by atoms with Gasteiger partial charge in [-0.2, -0.15) is 0 Å². The average Bonchev–Trinajstić information content (AvgIpc) is 2.61. The number of hydrogen-bond donors (Lipinski definition) is 1. The summed E-state index contributed by atoms with van der Waals surface area (Å²) in [5.41, 5.74) is 2.83. The minimum absolute atomic E-state index is 0.476. The van der Waals surface area contributed by atoms with Crippen LogP contribution >= 0.6 is 50.7 Å². The number of ether oxygens (including phenoxy) is 1. The molecule has 0 unspecified atom stereocenters. The van der Waals surface area contributed by atoms with Gasteiger partial charge in [0.05, 0.1) is 10.7 Å². The van der Waals surface area contributed by atoms with Crippen molar-refractivity contribution >= 4 is 56.4 Å². The molecule has 0 atom stereocenters. The Morgan fingerprint density at radius 3 is 2.27 bits per heavy atom. The van der Waals surface area contributed by atoms with E-state index in [4.69, 9.17) is 39.5 Å². The van der Waals surface area contributed by atoms with E-state index in [2.05, 4.69) is 21.2 Å². The minimum atomic E-state index is 0.476. The van der Waals surface area contributed by atoms with Crippen molar-refractivity contribution in [3.8, 4) is 5.75 Å². The van der Waals surface area contributed by atoms with Gasteiger partial charge in [0.25, 0.3) is 0 Å². The van der Waals surface area contributed by atoms with Crippen LogP contribution in [0.15, 0.2) is 65.1 Å². The molecule has 134 valence electrons. The molecule has 1 N–H and O–H groups in total. The topological polar surface area (TPSA) is 21.3 Å². The zero-order valence-electron chi connectivity index (χ0n) is 13.6. The van der Waals surface area contributed by atoms with Crippen molar-refractivity contribution in [3.63, 3.8) is 0 Å². The van der Waals surface area contributed by atoms with E-state index in [9.17, 15) is 0 Å². The van der Waals surface area contributed by atoms with Gasteiger partial charge >= 0.3 is 0 Å². The van der Waals surface area contributed by atoms with Crippen LogP contribution in [-0.2, 0) is 13.2 Å². The summed E-state index contributed by atoms with van der Waals surface area (Å²) in [5.74, 6) is 0.773. The van der Waals surface area contributed by atoms with Gasteiger partial charge in [-0.05, 0) is 54.1 Å². The molecule has 6 heteroatoms. The molecule has 0 bridgehead atoms. The highest BCUT2D eigenvalue weighted by molar-refractivity contribution is 9.10. The van der Waals surface area contributed by atoms with Crippen molar-refractivity contribution in [3.05, 3.63) is 91.3 Å². The van der Waals surface area contributed by atoms with Gasteiger partial charge in [0.1, 0.15) is 12.4 Å². The van der Waals surface area contributed by atoms with Crippen molar-refractivity contribution in [2.75, 3.05) is 5.32 Å². The van der Waals surface area contributed by atoms with Crippen LogP contribution in [-0.4, -0.2) is 0 Å². The summed E-state index contributed by atoms with van der Waals surface area (Å²) in [4.78, 5) is 0. The molecule has 0 fully saturated rings. The quantitative estimate of drug-likeness (QED) is 0.400. The summed E-state index contributed by atoms with van der Waals surface area (Å²) in [5, 5.41) is 5.11. The highest BCUT2D eigenvalue weighted by atomic mass is 79.9. The third-order valence-corrected chi connectivity index (χ3v) is 5.04. The van der Waals surface area contributed by atoms with Crippen LogP contribution in [0.25, 0.3) is 0 Å². The van der Waals surface area contributed by atoms with Gasteiger partial charge in [-0.15, -0.1) is 0 Å². The molecule has 0 aliphatic carbocycles. The Morgan fingerprint density at radius 1 is 0.846 bits per heavy atom. The zero-order valence-corrected chi connectivity index (χ0v) is 17.5. The molecule has 3 rings (SSSR count). The molecule has 3 aromatic carbocycles. The molecule has 0 aliphatic heterocycles. The lowest BCUT2D eigenvalue weighted by Gasteiger charge is -2.14. The van der Waals surface area contributed by atoms with Gasteiger partial charge in [0.2, 0.25) is 0 Å². The van der Waals surface area contributed by atoms with Gasteiger partial charge in [-0.1, -0.05) is 62.9 Å². The summed E-state index contributed by atoms with van der Waals surface area (Å²) in [7, 11) is 0. The first-order chi connectivity index (χ1) is 12.5. The summed E-state index contributed by atoms with van der Waals surface area (Å²) < 4.78 is 7.03. The lowest BCUT2D eigenvalue weighted by Crippen LogP contribution is -2.04. The number of nitrogens with one attached hydrogen (secondary N) is 1. The molecule has 0 amide bonds. The Bertz CT molecular complexity index is 900. The largest absolute Gasteiger partial charge is 0.489 e. The number of anilines is 1. The Labute approximate surface area is 176 Å². The van der Waals surface area contributed by atoms with Crippen LogP contribution in [0.5, 0.6) is 5.75 Å². The van der Waals surface area contributed by atoms with Crippen molar-refractivity contribution in [1.82, 2.24) is 0 Å². The molecule has 0 radical (unpaired) electrons. The van der Waals surface area contributed by atoms with Gasteiger partial charge in [-0.25, -0.2) is 0 Å². The molecule has 0 aliphatic rings. The highest BCUT2D eigenvalue weighted by Gasteiger charge is 2.08. The molecular weight excluding hydrogens is 456 g/mol. The first-order valence-electron chi connectivity index (χ1n) is 7.86. The van der Waals surface area contributed by atoms with Crippen LogP contribution < -0.4 is 10.1 Å². The number of benzene rings is 3. The van der Waals surface area contributed by atoms with Gasteiger partial charge in [-0.3, -0.25) is 0 Å². The molecule has 0 saturated heterocycles. The normalized spacial score (nSPS) is 10.6. The fourth-order valence-electron chi connectivity index (χ4n) is 2.39. The Kier molecular flexibility index (Phi) is 6.71. The monoisotopic (exact) mass is 469 g/mol. The zero-order chi connectivity index (χ0) is 18.5. The predicted octanol–water partition coefficient (Wildman–Crippen LogP) is 7.60. The predicted molar refractivity (Wildman–Crippen MR) is 114 cm³/mol. The van der Waals surface area contributed by atoms with E-state index in [1.807, 2.05) is 48.5 Å². The fraction of sp³-hybridized carbons (Fsp3) is 0.100. The van der Waals surface area contributed by atoms with E-state index < -0.39 is 0 Å². The molecule has 2 nitrogen and oxygen atoms in total. The van der Waals surface area contributed by atoms with Crippen LogP contribution in [0.2, 0.25) is 15.1 Å². The van der Waals surface area contributed by atoms with E-state index in [0.717, 1.165) is 27.0 Å². The first kappa shape index (κ1) is 19.4. The summed E-state index contributed by atoms with van der Waals surface area (Å²) in [6, 6.07) is 18.9. The Balaban J connectivity index is 1.71. The highest BCUT2D eigenvalue weighted by Crippen LogP contribution is 2.28. The molecular formula is C20H15BrCl3NO. The summed E-state index contributed by atoms with van der Waals surface area (Å²) >= 11 is 21.7. The van der Waals surface area contributed by atoms with Crippen molar-refractivity contribution in [2.45, 2.75) is 13.2 Å². The molecule has 0 spiro atoms. The van der Waals surface area contributed by atoms with Crippen LogP contribution in [0.4, 0.5) is 5.69 Å². The van der Waals surface area contributed by atoms with E-state index in [-0.39, 0.29) is 0 Å². The molecule has 26 heavy (non-hydrogen) atoms. The Hall–Kier alpha value is -1.39. The SMILES string of the molecule is Clc1ccc(NCc2cc(Cl)ccc2OCc2ccc(Br)cc2)c(Cl)c1. The van der Waals surface area contributed by atoms with Crippen molar-refractivity contribution in [2.24, 2.45) is 0 Å². The Morgan fingerprint density at radius 2 is 1.54 bits per heavy atom. The van der Waals surface area contributed by atoms with E-state index in [0.29, 0.717) is 28.2 Å². The maximum absolute atomic E-state index is 6.21. The number of hydrogen-bond acceptors (Lipinski definition) is 2. The van der Waals surface area contributed by atoms with E-state index >= 15 is 0 Å². The fourth-order valence-corrected chi connectivity index (χ4v) is 3.33. The molecule has 3 aromatic rings. The standard InChI is InChI=1S/C20H15BrCl3NO/c21-15-3-1-13(2-4-15)12-26-20-8-6-16(22)9-14(20)11-25-19-7-5-17(23)10-18(19)24/h1-10,25H,11-12H2. The minimum Gasteiger partial charge on any atom is -0.489 e. The maximum Gasteiger partial charge on any atom is 0.124 e. The first-order valence-corrected chi connectivity index (χ1v) is 9.78. The van der Waals surface area contributed by atoms with Crippen LogP contribution in [0, 0.1) is 0 Å². The maximum atomic E-state index is 6.21. The second kappa shape index (κ2) is 9.01. The van der Waals surface area contributed by atoms with Gasteiger partial charge in [0.15, 0.2) is 0 Å². The van der Waals surface area contributed by atoms with Crippen molar-refractivity contribution in [1.29, 1.82) is 0 Å². The van der Waals surface area contributed by atoms with Crippen LogP contribution in [0.1, 0.15) is 11.1 Å². The summed E-state index contributed by atoms with van der Waals surface area (Å²) in [6.07, 6.45) is 0. The van der Waals surface area contributed by atoms with Gasteiger partial charge in [0, 0.05) is 26.6 Å². The van der Waals surface area contributed by atoms with Gasteiger partial charge < -0.3 is 10.1 Å². The van der Waals surface area contributed by atoms with E-state index in [1.54, 1.807) is 12.1 Å². The van der Waals surface area contributed by atoms with Crippen molar-refractivity contribution < 1.29 is 4.74 Å². The average molecular weight is 472 g/mol. The molecule has 0 heterocycles. The molecule has 0 aromatic heterocycles. The number of rotatable bonds is 6. The summed E-state index contributed by atoms with van der Waals surface area (Å²) in [6.45, 7) is 1.00. The smallest absolute Gasteiger partial charge is 0.124 e. The third kappa shape index (κ3) is 5.31. The third-order valence-electron chi connectivity index (χ3n) is 3.73.